The summed E-state index contributed by atoms with van der Waals surface area (Å²) in [6.07, 6.45) is 0. The highest BCUT2D eigenvalue weighted by Gasteiger charge is 2.35. The van der Waals surface area contributed by atoms with Crippen LogP contribution in [0, 0.1) is 18.6 Å². The Hall–Kier alpha value is -4.03. The van der Waals surface area contributed by atoms with Crippen molar-refractivity contribution in [3.05, 3.63) is 71.3 Å². The van der Waals surface area contributed by atoms with E-state index in [1.807, 2.05) is 30.3 Å². The molecule has 2 unspecified atom stereocenters. The van der Waals surface area contributed by atoms with E-state index in [9.17, 15) is 18.4 Å². The van der Waals surface area contributed by atoms with Gasteiger partial charge in [0.1, 0.15) is 5.82 Å². The molecule has 2 heterocycles. The van der Waals surface area contributed by atoms with Crippen LogP contribution in [0.4, 0.5) is 19.4 Å². The van der Waals surface area contributed by atoms with Gasteiger partial charge >= 0.3 is 12.0 Å². The van der Waals surface area contributed by atoms with Gasteiger partial charge in [0.05, 0.1) is 30.5 Å². The Morgan fingerprint density at radius 1 is 1.10 bits per heavy atom. The van der Waals surface area contributed by atoms with E-state index in [2.05, 4.69) is 20.6 Å². The largest absolute Gasteiger partial charge is 0.464 e. The van der Waals surface area contributed by atoms with Gasteiger partial charge in [-0.05, 0) is 43.7 Å². The van der Waals surface area contributed by atoms with Gasteiger partial charge in [-0.1, -0.05) is 24.3 Å². The number of ether oxygens (including phenoxy) is 3. The number of para-hydroxylation sites is 1. The molecule has 2 N–H and O–H groups in total. The number of carbonyl (C=O) groups is 2. The predicted octanol–water partition coefficient (Wildman–Crippen LogP) is 3.64. The van der Waals surface area contributed by atoms with Gasteiger partial charge in [-0.25, -0.2) is 23.1 Å². The number of urea groups is 1. The molecule has 0 spiro atoms. The quantitative estimate of drug-likeness (QED) is 0.347. The number of hydrogen-bond donors (Lipinski definition) is 2. The van der Waals surface area contributed by atoms with Gasteiger partial charge in [-0.2, -0.15) is 0 Å². The Morgan fingerprint density at radius 3 is 2.58 bits per heavy atom. The molecule has 40 heavy (non-hydrogen) atoms. The standard InChI is InChI=1S/C28H33F2N5O5/c1-4-39-25(36)17-40-27-18(2)26(35(33-27)20-8-6-5-7-9-20)32-28(37)31-24-16-34(12-13-38-3)15-21(24)19-10-11-22(29)23(30)14-19/h5-11,14,21,24H,4,12-13,15-17H2,1-3H3,(H2,31,32,37). The maximum Gasteiger partial charge on any atom is 0.344 e. The van der Waals surface area contributed by atoms with Gasteiger partial charge in [0.2, 0.25) is 5.88 Å². The maximum absolute atomic E-state index is 14.1. The highest BCUT2D eigenvalue weighted by Crippen LogP contribution is 2.31. The van der Waals surface area contributed by atoms with Gasteiger partial charge < -0.3 is 19.5 Å². The van der Waals surface area contributed by atoms with Crippen molar-refractivity contribution in [2.24, 2.45) is 0 Å². The van der Waals surface area contributed by atoms with Crippen LogP contribution in [0.3, 0.4) is 0 Å². The molecule has 1 aromatic heterocycles. The number of anilines is 1. The summed E-state index contributed by atoms with van der Waals surface area (Å²) in [5.74, 6) is -2.16. The first-order valence-electron chi connectivity index (χ1n) is 13.0. The van der Waals surface area contributed by atoms with Crippen LogP contribution >= 0.6 is 0 Å². The van der Waals surface area contributed by atoms with Crippen LogP contribution in [0.25, 0.3) is 5.69 Å². The minimum atomic E-state index is -0.936. The Labute approximate surface area is 231 Å². The average molecular weight is 558 g/mol. The fraction of sp³-hybridized carbons (Fsp3) is 0.393. The van der Waals surface area contributed by atoms with E-state index in [0.717, 1.165) is 6.07 Å². The Bertz CT molecular complexity index is 1320. The molecular weight excluding hydrogens is 524 g/mol. The normalized spacial score (nSPS) is 17.0. The monoisotopic (exact) mass is 557 g/mol. The third-order valence-electron chi connectivity index (χ3n) is 6.64. The molecule has 1 aliphatic heterocycles. The van der Waals surface area contributed by atoms with Crippen molar-refractivity contribution in [3.63, 3.8) is 0 Å². The second-order valence-corrected chi connectivity index (χ2v) is 9.36. The zero-order valence-corrected chi connectivity index (χ0v) is 22.7. The summed E-state index contributed by atoms with van der Waals surface area (Å²) in [6, 6.07) is 12.0. The molecule has 214 valence electrons. The number of rotatable bonds is 11. The first kappa shape index (κ1) is 29.0. The molecule has 12 heteroatoms. The summed E-state index contributed by atoms with van der Waals surface area (Å²) in [7, 11) is 1.61. The molecule has 0 bridgehead atoms. The Balaban J connectivity index is 1.55. The maximum atomic E-state index is 14.1. The van der Waals surface area contributed by atoms with Crippen LogP contribution < -0.4 is 15.4 Å². The van der Waals surface area contributed by atoms with E-state index in [4.69, 9.17) is 14.2 Å². The molecule has 0 aliphatic carbocycles. The summed E-state index contributed by atoms with van der Waals surface area (Å²) in [4.78, 5) is 27.2. The number of benzene rings is 2. The number of methoxy groups -OCH3 is 1. The second-order valence-electron chi connectivity index (χ2n) is 9.36. The average Bonchev–Trinajstić information content (AvgIpc) is 3.48. The van der Waals surface area contributed by atoms with Crippen LogP contribution in [-0.4, -0.2) is 79.3 Å². The molecule has 2 amide bonds. The minimum absolute atomic E-state index is 0.165. The lowest BCUT2D eigenvalue weighted by Gasteiger charge is -2.21. The summed E-state index contributed by atoms with van der Waals surface area (Å²) >= 11 is 0. The molecule has 3 aromatic rings. The van der Waals surface area contributed by atoms with Gasteiger partial charge in [-0.3, -0.25) is 10.2 Å². The van der Waals surface area contributed by atoms with Gasteiger partial charge in [0, 0.05) is 32.7 Å². The zero-order chi connectivity index (χ0) is 28.6. The molecule has 1 saturated heterocycles. The topological polar surface area (TPSA) is 107 Å². The second kappa shape index (κ2) is 13.4. The van der Waals surface area contributed by atoms with E-state index in [-0.39, 0.29) is 25.0 Å². The lowest BCUT2D eigenvalue weighted by Crippen LogP contribution is -2.42. The number of amides is 2. The molecule has 1 fully saturated rings. The molecule has 1 aliphatic rings. The van der Waals surface area contributed by atoms with Crippen LogP contribution in [0.15, 0.2) is 48.5 Å². The fourth-order valence-electron chi connectivity index (χ4n) is 4.67. The lowest BCUT2D eigenvalue weighted by molar-refractivity contribution is -0.145. The Morgan fingerprint density at radius 2 is 1.88 bits per heavy atom. The first-order valence-corrected chi connectivity index (χ1v) is 13.0. The van der Waals surface area contributed by atoms with Crippen molar-refractivity contribution < 1.29 is 32.6 Å². The number of nitrogens with one attached hydrogen (secondary N) is 2. The third kappa shape index (κ3) is 6.93. The van der Waals surface area contributed by atoms with E-state index < -0.39 is 29.7 Å². The summed E-state index contributed by atoms with van der Waals surface area (Å²) < 4.78 is 44.9. The molecular formula is C28H33F2N5O5. The van der Waals surface area contributed by atoms with Crippen LogP contribution in [0.1, 0.15) is 24.0 Å². The number of esters is 1. The van der Waals surface area contributed by atoms with Crippen molar-refractivity contribution in [3.8, 4) is 11.6 Å². The third-order valence-corrected chi connectivity index (χ3v) is 6.64. The number of aromatic nitrogens is 2. The van der Waals surface area contributed by atoms with E-state index in [0.29, 0.717) is 48.9 Å². The van der Waals surface area contributed by atoms with Crippen molar-refractivity contribution in [1.29, 1.82) is 0 Å². The molecule has 2 aromatic carbocycles. The molecule has 0 radical (unpaired) electrons. The highest BCUT2D eigenvalue weighted by atomic mass is 19.2. The lowest BCUT2D eigenvalue weighted by atomic mass is 9.94. The fourth-order valence-corrected chi connectivity index (χ4v) is 4.67. The number of carbonyl (C=O) groups excluding carboxylic acids is 2. The summed E-state index contributed by atoms with van der Waals surface area (Å²) in [6.45, 7) is 5.45. The van der Waals surface area contributed by atoms with Crippen molar-refractivity contribution in [2.45, 2.75) is 25.8 Å². The van der Waals surface area contributed by atoms with Crippen LogP contribution in [-0.2, 0) is 14.3 Å². The van der Waals surface area contributed by atoms with Crippen LogP contribution in [0.5, 0.6) is 5.88 Å². The van der Waals surface area contributed by atoms with Gasteiger partial charge in [0.15, 0.2) is 18.2 Å². The number of likely N-dealkylation sites (tertiary alicyclic amines) is 1. The van der Waals surface area contributed by atoms with E-state index >= 15 is 0 Å². The van der Waals surface area contributed by atoms with E-state index in [1.165, 1.54) is 16.8 Å². The number of nitrogens with zero attached hydrogens (tertiary/aromatic N) is 3. The van der Waals surface area contributed by atoms with Crippen molar-refractivity contribution in [2.75, 3.05) is 51.9 Å². The minimum Gasteiger partial charge on any atom is -0.464 e. The molecule has 4 rings (SSSR count). The van der Waals surface area contributed by atoms with Crippen LogP contribution in [0.2, 0.25) is 0 Å². The van der Waals surface area contributed by atoms with E-state index in [1.54, 1.807) is 21.0 Å². The summed E-state index contributed by atoms with van der Waals surface area (Å²) in [5, 5.41) is 10.3. The molecule has 10 nitrogen and oxygen atoms in total. The van der Waals surface area contributed by atoms with Gasteiger partial charge in [-0.15, -0.1) is 5.10 Å². The SMILES string of the molecule is CCOC(=O)COc1nn(-c2ccccc2)c(NC(=O)NC2CN(CCOC)CC2c2ccc(F)c(F)c2)c1C. The first-order chi connectivity index (χ1) is 19.3. The molecule has 0 saturated carbocycles. The smallest absolute Gasteiger partial charge is 0.344 e. The highest BCUT2D eigenvalue weighted by molar-refractivity contribution is 5.90. The van der Waals surface area contributed by atoms with Gasteiger partial charge in [0.25, 0.3) is 0 Å². The Kier molecular flexibility index (Phi) is 9.67. The number of hydrogen-bond acceptors (Lipinski definition) is 7. The van der Waals surface area contributed by atoms with Crippen molar-refractivity contribution in [1.82, 2.24) is 20.0 Å². The summed E-state index contributed by atoms with van der Waals surface area (Å²) in [5.41, 5.74) is 1.76. The zero-order valence-electron chi connectivity index (χ0n) is 22.7. The predicted molar refractivity (Wildman–Crippen MR) is 144 cm³/mol. The molecule has 2 atom stereocenters. The van der Waals surface area contributed by atoms with Crippen molar-refractivity contribution >= 4 is 17.8 Å². The number of halogens is 2.